The summed E-state index contributed by atoms with van der Waals surface area (Å²) in [5.41, 5.74) is 2.19. The Bertz CT molecular complexity index is 1100. The first-order chi connectivity index (χ1) is 13.0. The summed E-state index contributed by atoms with van der Waals surface area (Å²) in [5, 5.41) is 0.311. The highest BCUT2D eigenvalue weighted by molar-refractivity contribution is 6.29. The SMILES string of the molecule is CN1C(=O)c2cccc(OC(F)F)c2C2CC1c1nc3cnc(Cl)cc3n12. The van der Waals surface area contributed by atoms with E-state index in [0.29, 0.717) is 34.0 Å². The van der Waals surface area contributed by atoms with E-state index in [4.69, 9.17) is 16.3 Å². The Hall–Kier alpha value is -2.74. The molecule has 27 heavy (non-hydrogen) atoms. The lowest BCUT2D eigenvalue weighted by molar-refractivity contribution is -0.0507. The molecule has 2 aliphatic heterocycles. The fourth-order valence-corrected chi connectivity index (χ4v) is 4.31. The summed E-state index contributed by atoms with van der Waals surface area (Å²) < 4.78 is 32.7. The van der Waals surface area contributed by atoms with Crippen LogP contribution in [-0.2, 0) is 0 Å². The number of hydrogen-bond acceptors (Lipinski definition) is 4. The predicted octanol–water partition coefficient (Wildman–Crippen LogP) is 3.81. The van der Waals surface area contributed by atoms with Crippen LogP contribution in [0.3, 0.4) is 0 Å². The zero-order valence-corrected chi connectivity index (χ0v) is 14.8. The third-order valence-electron chi connectivity index (χ3n) is 5.26. The average Bonchev–Trinajstić information content (AvgIpc) is 3.14. The molecule has 2 bridgehead atoms. The molecule has 2 aromatic heterocycles. The van der Waals surface area contributed by atoms with Gasteiger partial charge in [-0.25, -0.2) is 9.97 Å². The van der Waals surface area contributed by atoms with Gasteiger partial charge in [0, 0.05) is 30.7 Å². The summed E-state index contributed by atoms with van der Waals surface area (Å²) in [5.74, 6) is 0.448. The first-order valence-electron chi connectivity index (χ1n) is 8.34. The van der Waals surface area contributed by atoms with E-state index in [2.05, 4.69) is 9.97 Å². The fourth-order valence-electron chi connectivity index (χ4n) is 4.16. The number of amides is 1. The van der Waals surface area contributed by atoms with E-state index in [1.807, 2.05) is 4.57 Å². The van der Waals surface area contributed by atoms with Crippen molar-refractivity contribution in [1.82, 2.24) is 19.4 Å². The maximum absolute atomic E-state index is 13.0. The molecule has 2 aliphatic rings. The van der Waals surface area contributed by atoms with Crippen molar-refractivity contribution in [2.24, 2.45) is 0 Å². The molecule has 6 nitrogen and oxygen atoms in total. The van der Waals surface area contributed by atoms with Crippen LogP contribution in [0.25, 0.3) is 11.0 Å². The van der Waals surface area contributed by atoms with E-state index in [0.717, 1.165) is 5.52 Å². The van der Waals surface area contributed by atoms with Crippen LogP contribution >= 0.6 is 11.6 Å². The number of rotatable bonds is 2. The molecule has 4 heterocycles. The third kappa shape index (κ3) is 2.26. The maximum atomic E-state index is 13.0. The van der Waals surface area contributed by atoms with E-state index in [1.54, 1.807) is 36.3 Å². The summed E-state index contributed by atoms with van der Waals surface area (Å²) >= 11 is 6.06. The second kappa shape index (κ2) is 5.63. The number of pyridine rings is 1. The topological polar surface area (TPSA) is 60.3 Å². The van der Waals surface area contributed by atoms with Gasteiger partial charge in [0.15, 0.2) is 0 Å². The van der Waals surface area contributed by atoms with Gasteiger partial charge in [0.1, 0.15) is 22.2 Å². The highest BCUT2D eigenvalue weighted by Gasteiger charge is 2.45. The monoisotopic (exact) mass is 390 g/mol. The van der Waals surface area contributed by atoms with E-state index >= 15 is 0 Å². The minimum absolute atomic E-state index is 0.00440. The standard InChI is InChI=1S/C18H13ClF2N4O2/c1-24-12-5-11(25-10-6-14(19)22-7-9(10)23-16(12)25)15-8(17(24)26)3-2-4-13(15)27-18(20)21/h2-4,6-7,11-12,18H,5H2,1H3. The Morgan fingerprint density at radius 3 is 2.93 bits per heavy atom. The van der Waals surface area contributed by atoms with Gasteiger partial charge in [-0.3, -0.25) is 4.79 Å². The normalized spacial score (nSPS) is 20.8. The summed E-state index contributed by atoms with van der Waals surface area (Å²) in [6.45, 7) is -2.98. The first-order valence-corrected chi connectivity index (χ1v) is 8.71. The molecule has 9 heteroatoms. The number of nitrogens with zero attached hydrogens (tertiary/aromatic N) is 4. The molecule has 0 saturated heterocycles. The molecule has 1 amide bonds. The Kier molecular flexibility index (Phi) is 3.42. The molecule has 0 fully saturated rings. The minimum atomic E-state index is -2.98. The number of aromatic nitrogens is 3. The van der Waals surface area contributed by atoms with E-state index in [-0.39, 0.29) is 23.7 Å². The number of carbonyl (C=O) groups excluding carboxylic acids is 1. The van der Waals surface area contributed by atoms with Crippen molar-refractivity contribution in [1.29, 1.82) is 0 Å². The lowest BCUT2D eigenvalue weighted by Gasteiger charge is -2.24. The second-order valence-electron chi connectivity index (χ2n) is 6.61. The van der Waals surface area contributed by atoms with Crippen LogP contribution in [-0.4, -0.2) is 39.0 Å². The highest BCUT2D eigenvalue weighted by Crippen LogP contribution is 2.49. The smallest absolute Gasteiger partial charge is 0.387 e. The summed E-state index contributed by atoms with van der Waals surface area (Å²) in [4.78, 5) is 23.2. The second-order valence-corrected chi connectivity index (χ2v) is 7.00. The van der Waals surface area contributed by atoms with Gasteiger partial charge in [-0.15, -0.1) is 0 Å². The van der Waals surface area contributed by atoms with E-state index in [1.165, 1.54) is 6.07 Å². The van der Waals surface area contributed by atoms with Crippen LogP contribution in [0.1, 0.15) is 40.3 Å². The van der Waals surface area contributed by atoms with Gasteiger partial charge < -0.3 is 14.2 Å². The predicted molar refractivity (Wildman–Crippen MR) is 93.2 cm³/mol. The Morgan fingerprint density at radius 1 is 1.33 bits per heavy atom. The molecule has 3 aromatic rings. The third-order valence-corrected chi connectivity index (χ3v) is 5.47. The average molecular weight is 391 g/mol. The fraction of sp³-hybridized carbons (Fsp3) is 0.278. The number of alkyl halides is 2. The Balaban J connectivity index is 1.82. The molecule has 0 radical (unpaired) electrons. The van der Waals surface area contributed by atoms with Crippen molar-refractivity contribution >= 4 is 28.5 Å². The van der Waals surface area contributed by atoms with E-state index in [9.17, 15) is 13.6 Å². The maximum Gasteiger partial charge on any atom is 0.387 e. The van der Waals surface area contributed by atoms with Gasteiger partial charge in [0.05, 0.1) is 23.8 Å². The molecular weight excluding hydrogens is 378 g/mol. The summed E-state index contributed by atoms with van der Waals surface area (Å²) in [6.07, 6.45) is 2.09. The van der Waals surface area contributed by atoms with Gasteiger partial charge in [0.25, 0.3) is 5.91 Å². The van der Waals surface area contributed by atoms with Gasteiger partial charge in [-0.05, 0) is 12.1 Å². The van der Waals surface area contributed by atoms with Crippen molar-refractivity contribution < 1.29 is 18.3 Å². The molecule has 0 N–H and O–H groups in total. The van der Waals surface area contributed by atoms with Crippen LogP contribution in [0.15, 0.2) is 30.5 Å². The highest BCUT2D eigenvalue weighted by atomic mass is 35.5. The van der Waals surface area contributed by atoms with Crippen LogP contribution in [0, 0.1) is 0 Å². The van der Waals surface area contributed by atoms with Gasteiger partial charge in [0.2, 0.25) is 0 Å². The molecule has 2 atom stereocenters. The zero-order valence-electron chi connectivity index (χ0n) is 14.1. The molecule has 0 saturated carbocycles. The lowest BCUT2D eigenvalue weighted by Crippen LogP contribution is -2.30. The molecule has 0 aliphatic carbocycles. The quantitative estimate of drug-likeness (QED) is 0.624. The number of benzene rings is 1. The number of ether oxygens (including phenoxy) is 1. The lowest BCUT2D eigenvalue weighted by atomic mass is 9.97. The number of hydrogen-bond donors (Lipinski definition) is 0. The van der Waals surface area contributed by atoms with Gasteiger partial charge in [-0.2, -0.15) is 8.78 Å². The Labute approximate surface area is 157 Å². The minimum Gasteiger partial charge on any atom is -0.434 e. The largest absolute Gasteiger partial charge is 0.434 e. The van der Waals surface area contributed by atoms with Crippen LogP contribution in [0.5, 0.6) is 5.75 Å². The number of halogens is 3. The molecular formula is C18H13ClF2N4O2. The molecule has 138 valence electrons. The van der Waals surface area contributed by atoms with Crippen molar-refractivity contribution in [3.8, 4) is 5.75 Å². The van der Waals surface area contributed by atoms with Crippen LogP contribution < -0.4 is 4.74 Å². The molecule has 1 aromatic carbocycles. The van der Waals surface area contributed by atoms with Gasteiger partial charge in [-0.1, -0.05) is 17.7 Å². The summed E-state index contributed by atoms with van der Waals surface area (Å²) in [6, 6.07) is 5.70. The van der Waals surface area contributed by atoms with Gasteiger partial charge >= 0.3 is 6.61 Å². The molecule has 2 unspecified atom stereocenters. The zero-order chi connectivity index (χ0) is 18.9. The van der Waals surface area contributed by atoms with Crippen molar-refractivity contribution in [3.63, 3.8) is 0 Å². The van der Waals surface area contributed by atoms with Crippen LogP contribution in [0.4, 0.5) is 8.78 Å². The molecule has 0 spiro atoms. The van der Waals surface area contributed by atoms with E-state index < -0.39 is 6.61 Å². The summed E-state index contributed by atoms with van der Waals surface area (Å²) in [7, 11) is 1.69. The number of fused-ring (bicyclic) bond motifs is 9. The Morgan fingerprint density at radius 2 is 2.15 bits per heavy atom. The van der Waals surface area contributed by atoms with Crippen molar-refractivity contribution in [2.75, 3.05) is 7.05 Å². The number of carbonyl (C=O) groups is 1. The van der Waals surface area contributed by atoms with Crippen molar-refractivity contribution in [3.05, 3.63) is 52.6 Å². The van der Waals surface area contributed by atoms with Crippen molar-refractivity contribution in [2.45, 2.75) is 25.1 Å². The number of imidazole rings is 1. The molecule has 5 rings (SSSR count). The first kappa shape index (κ1) is 16.4. The van der Waals surface area contributed by atoms with Crippen LogP contribution in [0.2, 0.25) is 5.15 Å².